The topological polar surface area (TPSA) is 37.6 Å². The number of benzene rings is 3. The van der Waals surface area contributed by atoms with Gasteiger partial charge in [-0.25, -0.2) is 9.98 Å². The van der Waals surface area contributed by atoms with E-state index in [0.717, 1.165) is 66.1 Å². The SMILES string of the molecule is CCCCc1ccccc1N=Cc1cccc(C(=Nc2ccccc2CCCC)c2ccccc2)n1.[Cl][Fe][Cl]. The van der Waals surface area contributed by atoms with Crippen molar-refractivity contribution in [2.75, 3.05) is 0 Å². The predicted molar refractivity (Wildman–Crippen MR) is 165 cm³/mol. The molecule has 204 valence electrons. The second-order valence-electron chi connectivity index (χ2n) is 9.05. The number of pyridine rings is 1. The van der Waals surface area contributed by atoms with E-state index in [1.807, 2.05) is 48.7 Å². The van der Waals surface area contributed by atoms with Gasteiger partial charge in [-0.05, 0) is 61.1 Å². The van der Waals surface area contributed by atoms with Crippen molar-refractivity contribution in [3.63, 3.8) is 0 Å². The van der Waals surface area contributed by atoms with Crippen LogP contribution in [0.1, 0.15) is 67.6 Å². The van der Waals surface area contributed by atoms with E-state index in [-0.39, 0.29) is 13.1 Å². The van der Waals surface area contributed by atoms with Crippen molar-refractivity contribution in [3.05, 3.63) is 125 Å². The van der Waals surface area contributed by atoms with Gasteiger partial charge in [0.15, 0.2) is 0 Å². The number of nitrogens with zero attached hydrogens (tertiary/aromatic N) is 3. The van der Waals surface area contributed by atoms with Gasteiger partial charge in [-0.3, -0.25) is 4.99 Å². The summed E-state index contributed by atoms with van der Waals surface area (Å²) in [7, 11) is 9.53. The van der Waals surface area contributed by atoms with Crippen LogP contribution in [-0.2, 0) is 26.0 Å². The molecule has 0 aliphatic carbocycles. The molecule has 0 saturated carbocycles. The van der Waals surface area contributed by atoms with Crippen LogP contribution in [0.3, 0.4) is 0 Å². The number of para-hydroxylation sites is 2. The molecule has 0 aliphatic heterocycles. The molecule has 3 aromatic carbocycles. The van der Waals surface area contributed by atoms with Crippen molar-refractivity contribution in [3.8, 4) is 0 Å². The molecule has 39 heavy (non-hydrogen) atoms. The number of halogens is 2. The Labute approximate surface area is 248 Å². The average Bonchev–Trinajstić information content (AvgIpc) is 2.98. The van der Waals surface area contributed by atoms with E-state index in [0.29, 0.717) is 0 Å². The Morgan fingerprint density at radius 3 is 1.92 bits per heavy atom. The van der Waals surface area contributed by atoms with Crippen molar-refractivity contribution in [2.24, 2.45) is 9.98 Å². The third-order valence-corrected chi connectivity index (χ3v) is 6.21. The van der Waals surface area contributed by atoms with Crippen molar-refractivity contribution in [2.45, 2.75) is 52.4 Å². The van der Waals surface area contributed by atoms with Gasteiger partial charge in [0.25, 0.3) is 0 Å². The van der Waals surface area contributed by atoms with Crippen LogP contribution in [0.2, 0.25) is 0 Å². The first kappa shape index (κ1) is 30.8. The number of hydrogen-bond acceptors (Lipinski definition) is 3. The zero-order valence-corrected chi connectivity index (χ0v) is 25.1. The first-order valence-corrected chi connectivity index (χ1v) is 16.4. The van der Waals surface area contributed by atoms with Gasteiger partial charge in [0.2, 0.25) is 0 Å². The fourth-order valence-electron chi connectivity index (χ4n) is 4.19. The third-order valence-electron chi connectivity index (χ3n) is 6.21. The normalized spacial score (nSPS) is 11.4. The summed E-state index contributed by atoms with van der Waals surface area (Å²) in [4.78, 5) is 14.9. The van der Waals surface area contributed by atoms with Gasteiger partial charge in [0.05, 0.1) is 34.7 Å². The number of hydrogen-bond donors (Lipinski definition) is 0. The maximum atomic E-state index is 5.17. The summed E-state index contributed by atoms with van der Waals surface area (Å²) in [6.45, 7) is 4.44. The number of aromatic nitrogens is 1. The molecule has 0 N–H and O–H groups in total. The van der Waals surface area contributed by atoms with Gasteiger partial charge in [-0.2, -0.15) is 0 Å². The molecule has 0 bridgehead atoms. The second kappa shape index (κ2) is 17.8. The van der Waals surface area contributed by atoms with Crippen molar-refractivity contribution >= 4 is 43.5 Å². The van der Waals surface area contributed by atoms with Crippen LogP contribution in [0.4, 0.5) is 11.4 Å². The van der Waals surface area contributed by atoms with Crippen LogP contribution in [0, 0.1) is 0 Å². The van der Waals surface area contributed by atoms with Crippen LogP contribution in [0.15, 0.2) is 107 Å². The first-order chi connectivity index (χ1) is 19.2. The molecule has 0 spiro atoms. The van der Waals surface area contributed by atoms with Crippen LogP contribution >= 0.6 is 20.2 Å². The molecule has 4 aromatic rings. The Bertz CT molecular complexity index is 1340. The standard InChI is InChI=1S/C33H35N3.2ClH.Fe/c1-3-5-15-26-17-10-12-22-30(26)34-25-29-21-14-24-32(35-29)33(28-19-8-7-9-20-28)36-31-23-13-11-18-27(31)16-6-4-2;;;/h7-14,17-25H,3-6,15-16H2,1-2H3;2*1H;/q;;;+2/p-2. The molecule has 4 rings (SSSR count). The van der Waals surface area contributed by atoms with Crippen LogP contribution in [0.5, 0.6) is 0 Å². The summed E-state index contributed by atoms with van der Waals surface area (Å²) < 4.78 is 0. The van der Waals surface area contributed by atoms with Gasteiger partial charge in [-0.1, -0.05) is 99.5 Å². The Morgan fingerprint density at radius 1 is 0.718 bits per heavy atom. The minimum atomic E-state index is 0.194. The molecule has 6 heteroatoms. The average molecular weight is 600 g/mol. The van der Waals surface area contributed by atoms with Crippen LogP contribution in [0.25, 0.3) is 0 Å². The molecular weight excluding hydrogens is 565 g/mol. The fourth-order valence-corrected chi connectivity index (χ4v) is 4.19. The second-order valence-corrected chi connectivity index (χ2v) is 10.9. The maximum absolute atomic E-state index is 5.17. The summed E-state index contributed by atoms with van der Waals surface area (Å²) in [5.74, 6) is 0. The number of aryl methyl sites for hydroxylation is 2. The summed E-state index contributed by atoms with van der Waals surface area (Å²) in [6.07, 6.45) is 8.58. The Hall–Kier alpha value is -2.75. The molecule has 0 unspecified atom stereocenters. The van der Waals surface area contributed by atoms with E-state index in [1.54, 1.807) is 0 Å². The molecule has 0 aliphatic rings. The van der Waals surface area contributed by atoms with Gasteiger partial charge in [0.1, 0.15) is 0 Å². The third kappa shape index (κ3) is 10.1. The molecule has 0 atom stereocenters. The van der Waals surface area contributed by atoms with Crippen molar-refractivity contribution in [1.29, 1.82) is 0 Å². The van der Waals surface area contributed by atoms with E-state index in [2.05, 4.69) is 68.4 Å². The summed E-state index contributed by atoms with van der Waals surface area (Å²) in [6, 6.07) is 33.2. The molecular formula is C33H35Cl2FeN3. The van der Waals surface area contributed by atoms with Crippen LogP contribution < -0.4 is 0 Å². The molecule has 0 saturated heterocycles. The number of unbranched alkanes of at least 4 members (excludes halogenated alkanes) is 2. The summed E-state index contributed by atoms with van der Waals surface area (Å²) >= 11 is 0.194. The summed E-state index contributed by atoms with van der Waals surface area (Å²) in [5.41, 5.74) is 8.16. The Balaban J connectivity index is 0.00000134. The zero-order valence-electron chi connectivity index (χ0n) is 22.5. The van der Waals surface area contributed by atoms with Gasteiger partial charge in [0, 0.05) is 5.56 Å². The molecule has 1 heterocycles. The van der Waals surface area contributed by atoms with E-state index in [9.17, 15) is 0 Å². The van der Waals surface area contributed by atoms with Gasteiger partial charge >= 0.3 is 33.3 Å². The quantitative estimate of drug-likeness (QED) is 0.125. The van der Waals surface area contributed by atoms with E-state index < -0.39 is 0 Å². The van der Waals surface area contributed by atoms with E-state index in [1.165, 1.54) is 17.5 Å². The van der Waals surface area contributed by atoms with Crippen LogP contribution in [-0.4, -0.2) is 16.9 Å². The Morgan fingerprint density at radius 2 is 1.28 bits per heavy atom. The monoisotopic (exact) mass is 599 g/mol. The predicted octanol–water partition coefficient (Wildman–Crippen LogP) is 10.1. The zero-order chi connectivity index (χ0) is 27.7. The molecule has 0 amide bonds. The fraction of sp³-hybridized carbons (Fsp3) is 0.242. The Kier molecular flexibility index (Phi) is 14.0. The molecule has 1 aromatic heterocycles. The van der Waals surface area contributed by atoms with Gasteiger partial charge < -0.3 is 0 Å². The molecule has 0 fully saturated rings. The minimum absolute atomic E-state index is 0.194. The van der Waals surface area contributed by atoms with Crippen molar-refractivity contribution < 1.29 is 13.1 Å². The first-order valence-electron chi connectivity index (χ1n) is 13.4. The van der Waals surface area contributed by atoms with E-state index in [4.69, 9.17) is 35.2 Å². The number of aliphatic imine (C=N–C) groups is 2. The number of rotatable bonds is 11. The molecule has 3 nitrogen and oxygen atoms in total. The van der Waals surface area contributed by atoms with E-state index >= 15 is 0 Å². The van der Waals surface area contributed by atoms with Gasteiger partial charge in [-0.15, -0.1) is 0 Å². The molecule has 0 radical (unpaired) electrons. The van der Waals surface area contributed by atoms with Crippen molar-refractivity contribution in [1.82, 2.24) is 4.98 Å². The summed E-state index contributed by atoms with van der Waals surface area (Å²) in [5, 5.41) is 0.